The molecule has 6 nitrogen and oxygen atoms in total. The number of hydrogen-bond donors (Lipinski definition) is 1. The van der Waals surface area contributed by atoms with Crippen molar-refractivity contribution in [2.24, 2.45) is 0 Å². The topological polar surface area (TPSA) is 81.7 Å². The number of benzene rings is 1. The highest BCUT2D eigenvalue weighted by Crippen LogP contribution is 2.25. The monoisotopic (exact) mass is 359 g/mol. The van der Waals surface area contributed by atoms with Crippen LogP contribution in [0, 0.1) is 0 Å². The molecule has 0 aliphatic heterocycles. The summed E-state index contributed by atoms with van der Waals surface area (Å²) in [5.74, 6) is -2.11. The summed E-state index contributed by atoms with van der Waals surface area (Å²) in [7, 11) is 0. The van der Waals surface area contributed by atoms with Crippen LogP contribution < -0.4 is 5.32 Å². The van der Waals surface area contributed by atoms with E-state index in [1.165, 1.54) is 19.1 Å². The molecule has 1 atom stereocenters. The summed E-state index contributed by atoms with van der Waals surface area (Å²) in [6.45, 7) is 3.21. The molecule has 0 saturated carbocycles. The van der Waals surface area contributed by atoms with Gasteiger partial charge in [-0.05, 0) is 32.0 Å². The van der Waals surface area contributed by atoms with Crippen molar-refractivity contribution in [3.05, 3.63) is 40.4 Å². The highest BCUT2D eigenvalue weighted by atomic mass is 35.5. The Labute approximate surface area is 143 Å². The number of carbonyl (C=O) groups excluding carboxylic acids is 3. The van der Waals surface area contributed by atoms with E-state index in [1.807, 2.05) is 0 Å². The molecule has 0 heterocycles. The second-order valence-electron chi connectivity index (χ2n) is 4.28. The van der Waals surface area contributed by atoms with Crippen LogP contribution in [-0.2, 0) is 23.9 Å². The van der Waals surface area contributed by atoms with E-state index in [-0.39, 0.29) is 6.61 Å². The summed E-state index contributed by atoms with van der Waals surface area (Å²) < 4.78 is 9.47. The number of halogens is 2. The van der Waals surface area contributed by atoms with E-state index in [2.05, 4.69) is 10.1 Å². The van der Waals surface area contributed by atoms with Gasteiger partial charge in [0.1, 0.15) is 0 Å². The molecular formula is C15H15Cl2NO5. The Morgan fingerprint density at radius 1 is 1.22 bits per heavy atom. The molecule has 0 spiro atoms. The van der Waals surface area contributed by atoms with E-state index in [0.717, 1.165) is 12.2 Å². The lowest BCUT2D eigenvalue weighted by Gasteiger charge is -2.13. The lowest BCUT2D eigenvalue weighted by molar-refractivity contribution is -0.148. The smallest absolute Gasteiger partial charge is 0.331 e. The molecule has 0 saturated heterocycles. The molecule has 1 N–H and O–H groups in total. The molecule has 0 unspecified atom stereocenters. The first-order valence-electron chi connectivity index (χ1n) is 6.64. The molecule has 8 heteroatoms. The number of hydrogen-bond acceptors (Lipinski definition) is 5. The maximum absolute atomic E-state index is 11.9. The largest absolute Gasteiger partial charge is 0.463 e. The number of rotatable bonds is 6. The molecule has 0 fully saturated rings. The number of carbonyl (C=O) groups is 3. The Hall–Kier alpha value is -2.05. The Kier molecular flexibility index (Phi) is 7.57. The van der Waals surface area contributed by atoms with E-state index in [1.54, 1.807) is 13.0 Å². The van der Waals surface area contributed by atoms with Gasteiger partial charge < -0.3 is 14.8 Å². The SMILES string of the molecule is CCOC(=O)/C=C/C(=O)O[C@H](C)C(=O)Nc1cc(Cl)ccc1Cl. The van der Waals surface area contributed by atoms with Gasteiger partial charge in [0.05, 0.1) is 17.3 Å². The fourth-order valence-corrected chi connectivity index (χ4v) is 1.76. The molecule has 1 rings (SSSR count). The van der Waals surface area contributed by atoms with Gasteiger partial charge in [-0.3, -0.25) is 4.79 Å². The molecule has 0 aliphatic carbocycles. The normalized spacial score (nSPS) is 11.8. The number of amides is 1. The first-order valence-corrected chi connectivity index (χ1v) is 7.40. The molecule has 23 heavy (non-hydrogen) atoms. The third-order valence-electron chi connectivity index (χ3n) is 2.49. The minimum Gasteiger partial charge on any atom is -0.463 e. The van der Waals surface area contributed by atoms with Crippen LogP contribution in [0.1, 0.15) is 13.8 Å². The second-order valence-corrected chi connectivity index (χ2v) is 5.12. The van der Waals surface area contributed by atoms with Crippen LogP contribution in [0.3, 0.4) is 0 Å². The zero-order chi connectivity index (χ0) is 17.4. The van der Waals surface area contributed by atoms with Crippen LogP contribution in [-0.4, -0.2) is 30.6 Å². The van der Waals surface area contributed by atoms with Crippen molar-refractivity contribution in [1.29, 1.82) is 0 Å². The number of nitrogens with one attached hydrogen (secondary N) is 1. The van der Waals surface area contributed by atoms with E-state index < -0.39 is 23.9 Å². The number of anilines is 1. The van der Waals surface area contributed by atoms with E-state index in [0.29, 0.717) is 15.7 Å². The molecule has 124 valence electrons. The Morgan fingerprint density at radius 3 is 2.52 bits per heavy atom. The van der Waals surface area contributed by atoms with Crippen LogP contribution in [0.15, 0.2) is 30.4 Å². The molecule has 1 aromatic carbocycles. The van der Waals surface area contributed by atoms with Crippen LogP contribution in [0.4, 0.5) is 5.69 Å². The van der Waals surface area contributed by atoms with Crippen molar-refractivity contribution >= 4 is 46.7 Å². The molecule has 1 amide bonds. The van der Waals surface area contributed by atoms with Crippen molar-refractivity contribution in [2.45, 2.75) is 20.0 Å². The van der Waals surface area contributed by atoms with Crippen molar-refractivity contribution < 1.29 is 23.9 Å². The predicted molar refractivity (Wildman–Crippen MR) is 86.4 cm³/mol. The van der Waals surface area contributed by atoms with Gasteiger partial charge in [-0.15, -0.1) is 0 Å². The van der Waals surface area contributed by atoms with Gasteiger partial charge in [0, 0.05) is 17.2 Å². The highest BCUT2D eigenvalue weighted by Gasteiger charge is 2.18. The Bertz CT molecular complexity index is 630. The molecule has 0 bridgehead atoms. The zero-order valence-electron chi connectivity index (χ0n) is 12.5. The summed E-state index contributed by atoms with van der Waals surface area (Å²) in [4.78, 5) is 34.5. The summed E-state index contributed by atoms with van der Waals surface area (Å²) in [6.07, 6.45) is 0.711. The van der Waals surface area contributed by atoms with E-state index in [9.17, 15) is 14.4 Å². The van der Waals surface area contributed by atoms with Crippen molar-refractivity contribution in [3.8, 4) is 0 Å². The van der Waals surface area contributed by atoms with Crippen molar-refractivity contribution in [3.63, 3.8) is 0 Å². The summed E-state index contributed by atoms with van der Waals surface area (Å²) >= 11 is 11.7. The van der Waals surface area contributed by atoms with Gasteiger partial charge in [-0.1, -0.05) is 23.2 Å². The summed E-state index contributed by atoms with van der Waals surface area (Å²) in [6, 6.07) is 4.57. The van der Waals surface area contributed by atoms with Gasteiger partial charge in [0.15, 0.2) is 6.10 Å². The third-order valence-corrected chi connectivity index (χ3v) is 3.06. The van der Waals surface area contributed by atoms with Gasteiger partial charge in [0.25, 0.3) is 5.91 Å². The van der Waals surface area contributed by atoms with Crippen molar-refractivity contribution in [2.75, 3.05) is 11.9 Å². The highest BCUT2D eigenvalue weighted by molar-refractivity contribution is 6.35. The maximum atomic E-state index is 11.9. The first-order chi connectivity index (χ1) is 10.8. The fourth-order valence-electron chi connectivity index (χ4n) is 1.42. The third kappa shape index (κ3) is 6.71. The maximum Gasteiger partial charge on any atom is 0.331 e. The van der Waals surface area contributed by atoms with Crippen LogP contribution in [0.2, 0.25) is 10.0 Å². The molecule has 0 aliphatic rings. The molecule has 0 aromatic heterocycles. The lowest BCUT2D eigenvalue weighted by Crippen LogP contribution is -2.29. The summed E-state index contributed by atoms with van der Waals surface area (Å²) in [5, 5.41) is 3.18. The quantitative estimate of drug-likeness (QED) is 0.623. The van der Waals surface area contributed by atoms with E-state index >= 15 is 0 Å². The lowest BCUT2D eigenvalue weighted by atomic mass is 10.3. The molecular weight excluding hydrogens is 345 g/mol. The van der Waals surface area contributed by atoms with Gasteiger partial charge >= 0.3 is 11.9 Å². The zero-order valence-corrected chi connectivity index (χ0v) is 14.0. The first kappa shape index (κ1) is 19.0. The Balaban J connectivity index is 2.58. The van der Waals surface area contributed by atoms with Gasteiger partial charge in [0.2, 0.25) is 0 Å². The molecule has 0 radical (unpaired) electrons. The second kappa shape index (κ2) is 9.17. The minimum absolute atomic E-state index is 0.192. The van der Waals surface area contributed by atoms with Gasteiger partial charge in [-0.25, -0.2) is 9.59 Å². The van der Waals surface area contributed by atoms with Crippen molar-refractivity contribution in [1.82, 2.24) is 0 Å². The van der Waals surface area contributed by atoms with Gasteiger partial charge in [-0.2, -0.15) is 0 Å². The van der Waals surface area contributed by atoms with Crippen LogP contribution in [0.5, 0.6) is 0 Å². The number of ether oxygens (including phenoxy) is 2. The average molecular weight is 360 g/mol. The average Bonchev–Trinajstić information content (AvgIpc) is 2.49. The van der Waals surface area contributed by atoms with E-state index in [4.69, 9.17) is 27.9 Å². The summed E-state index contributed by atoms with van der Waals surface area (Å²) in [5.41, 5.74) is 0.300. The fraction of sp³-hybridized carbons (Fsp3) is 0.267. The standard InChI is InChI=1S/C15H15Cl2NO5/c1-3-22-13(19)6-7-14(20)23-9(2)15(21)18-12-8-10(16)4-5-11(12)17/h4-9H,3H2,1-2H3,(H,18,21)/b7-6+/t9-/m1/s1. The minimum atomic E-state index is -1.09. The Morgan fingerprint density at radius 2 is 1.87 bits per heavy atom. The number of esters is 2. The van der Waals surface area contributed by atoms with Crippen LogP contribution in [0.25, 0.3) is 0 Å². The molecule has 1 aromatic rings. The predicted octanol–water partition coefficient (Wildman–Crippen LogP) is 2.98. The van der Waals surface area contributed by atoms with Crippen LogP contribution >= 0.6 is 23.2 Å².